The molecule has 0 saturated carbocycles. The van der Waals surface area contributed by atoms with Gasteiger partial charge in [-0.05, 0) is 43.0 Å². The van der Waals surface area contributed by atoms with Crippen LogP contribution in [0.25, 0.3) is 10.9 Å². The van der Waals surface area contributed by atoms with Crippen LogP contribution < -0.4 is 15.6 Å². The predicted octanol–water partition coefficient (Wildman–Crippen LogP) is 2.69. The Morgan fingerprint density at radius 3 is 2.90 bits per heavy atom. The van der Waals surface area contributed by atoms with Crippen LogP contribution in [0.2, 0.25) is 0 Å². The number of benzene rings is 1. The molecule has 0 saturated heterocycles. The Hall–Kier alpha value is -3.42. The first-order valence-corrected chi connectivity index (χ1v) is 9.27. The van der Waals surface area contributed by atoms with Gasteiger partial charge in [0.25, 0.3) is 11.5 Å². The Bertz CT molecular complexity index is 1170. The molecule has 29 heavy (non-hydrogen) atoms. The fraction of sp³-hybridized carbons (Fsp3) is 0.286. The van der Waals surface area contributed by atoms with Gasteiger partial charge >= 0.3 is 0 Å². The zero-order valence-electron chi connectivity index (χ0n) is 16.0. The highest BCUT2D eigenvalue weighted by atomic mass is 19.1. The summed E-state index contributed by atoms with van der Waals surface area (Å²) in [6.45, 7) is 1.98. The summed E-state index contributed by atoms with van der Waals surface area (Å²) in [5, 5.41) is 13.5. The summed E-state index contributed by atoms with van der Waals surface area (Å²) in [5.74, 6) is -1.30. The highest BCUT2D eigenvalue weighted by Gasteiger charge is 2.28. The summed E-state index contributed by atoms with van der Waals surface area (Å²) in [4.78, 5) is 29.9. The van der Waals surface area contributed by atoms with E-state index in [9.17, 15) is 19.1 Å². The minimum absolute atomic E-state index is 0.108. The lowest BCUT2D eigenvalue weighted by atomic mass is 9.95. The molecule has 1 unspecified atom stereocenters. The number of nitrogens with one attached hydrogen (secondary N) is 1. The molecule has 0 fully saturated rings. The van der Waals surface area contributed by atoms with E-state index in [-0.39, 0.29) is 23.5 Å². The SMILES string of the molecule is COc1ccc(CNC(=O)c2c(O)c3cc(F)cc4c3n(c2=O)C(C)CC4)cn1. The van der Waals surface area contributed by atoms with Crippen molar-refractivity contribution in [3.63, 3.8) is 0 Å². The number of halogens is 1. The summed E-state index contributed by atoms with van der Waals surface area (Å²) in [5.41, 5.74) is 0.873. The second-order valence-corrected chi connectivity index (χ2v) is 7.14. The van der Waals surface area contributed by atoms with E-state index in [0.29, 0.717) is 35.4 Å². The van der Waals surface area contributed by atoms with Crippen molar-refractivity contribution in [1.29, 1.82) is 0 Å². The van der Waals surface area contributed by atoms with E-state index in [1.165, 1.54) is 17.7 Å². The van der Waals surface area contributed by atoms with Crippen molar-refractivity contribution in [2.45, 2.75) is 32.4 Å². The smallest absolute Gasteiger partial charge is 0.267 e. The molecule has 4 rings (SSSR count). The molecule has 1 aliphatic heterocycles. The first-order valence-electron chi connectivity index (χ1n) is 9.27. The lowest BCUT2D eigenvalue weighted by Gasteiger charge is -2.26. The van der Waals surface area contributed by atoms with E-state index in [0.717, 1.165) is 6.07 Å². The number of carbonyl (C=O) groups excluding carboxylic acids is 1. The van der Waals surface area contributed by atoms with Gasteiger partial charge in [-0.3, -0.25) is 9.59 Å². The third-order valence-corrected chi connectivity index (χ3v) is 5.28. The van der Waals surface area contributed by atoms with E-state index in [1.54, 1.807) is 18.3 Å². The summed E-state index contributed by atoms with van der Waals surface area (Å²) in [6, 6.07) is 5.75. The quantitative estimate of drug-likeness (QED) is 0.706. The van der Waals surface area contributed by atoms with Crippen LogP contribution in [0.15, 0.2) is 35.3 Å². The number of nitrogens with zero attached hydrogens (tertiary/aromatic N) is 2. The lowest BCUT2D eigenvalue weighted by molar-refractivity contribution is 0.0946. The molecular formula is C21H20FN3O4. The molecule has 3 aromatic rings. The molecule has 1 atom stereocenters. The van der Waals surface area contributed by atoms with Gasteiger partial charge < -0.3 is 19.7 Å². The number of rotatable bonds is 4. The van der Waals surface area contributed by atoms with Gasteiger partial charge in [0, 0.05) is 30.2 Å². The molecule has 0 aliphatic carbocycles. The number of amides is 1. The maximum atomic E-state index is 14.1. The number of ether oxygens (including phenoxy) is 1. The van der Waals surface area contributed by atoms with Gasteiger partial charge in [-0.25, -0.2) is 9.37 Å². The van der Waals surface area contributed by atoms with Crippen molar-refractivity contribution < 1.29 is 19.0 Å². The Morgan fingerprint density at radius 1 is 1.41 bits per heavy atom. The average Bonchev–Trinajstić information content (AvgIpc) is 2.71. The number of pyridine rings is 2. The van der Waals surface area contributed by atoms with Crippen LogP contribution in [0.4, 0.5) is 4.39 Å². The van der Waals surface area contributed by atoms with Gasteiger partial charge in [0.15, 0.2) is 0 Å². The van der Waals surface area contributed by atoms with E-state index in [1.807, 2.05) is 6.92 Å². The molecule has 1 amide bonds. The molecule has 3 heterocycles. The van der Waals surface area contributed by atoms with Crippen LogP contribution in [-0.4, -0.2) is 27.7 Å². The number of aromatic hydroxyl groups is 1. The number of aromatic nitrogens is 2. The average molecular weight is 397 g/mol. The third kappa shape index (κ3) is 3.20. The molecule has 0 radical (unpaired) electrons. The normalized spacial score (nSPS) is 15.3. The minimum atomic E-state index is -0.724. The van der Waals surface area contributed by atoms with Gasteiger partial charge in [-0.1, -0.05) is 6.07 Å². The Balaban J connectivity index is 1.75. The van der Waals surface area contributed by atoms with Crippen LogP contribution in [0.5, 0.6) is 11.6 Å². The Labute approximate surface area is 165 Å². The highest BCUT2D eigenvalue weighted by molar-refractivity contribution is 6.03. The number of hydrogen-bond acceptors (Lipinski definition) is 5. The molecule has 8 heteroatoms. The van der Waals surface area contributed by atoms with Crippen molar-refractivity contribution in [2.24, 2.45) is 0 Å². The molecule has 0 spiro atoms. The second kappa shape index (κ2) is 7.20. The molecule has 150 valence electrons. The highest BCUT2D eigenvalue weighted by Crippen LogP contribution is 2.35. The van der Waals surface area contributed by atoms with E-state index in [2.05, 4.69) is 10.3 Å². The fourth-order valence-corrected chi connectivity index (χ4v) is 3.79. The first-order chi connectivity index (χ1) is 13.9. The monoisotopic (exact) mass is 397 g/mol. The minimum Gasteiger partial charge on any atom is -0.506 e. The molecule has 1 aliphatic rings. The number of methoxy groups -OCH3 is 1. The van der Waals surface area contributed by atoms with Gasteiger partial charge in [0.05, 0.1) is 12.6 Å². The molecule has 2 aromatic heterocycles. The van der Waals surface area contributed by atoms with Crippen molar-refractivity contribution in [2.75, 3.05) is 7.11 Å². The summed E-state index contributed by atoms with van der Waals surface area (Å²) >= 11 is 0. The van der Waals surface area contributed by atoms with Gasteiger partial charge in [0.1, 0.15) is 17.1 Å². The summed E-state index contributed by atoms with van der Waals surface area (Å²) in [7, 11) is 1.50. The van der Waals surface area contributed by atoms with Gasteiger partial charge in [-0.15, -0.1) is 0 Å². The van der Waals surface area contributed by atoms with E-state index < -0.39 is 23.0 Å². The van der Waals surface area contributed by atoms with Crippen molar-refractivity contribution >= 4 is 16.8 Å². The maximum Gasteiger partial charge on any atom is 0.267 e. The van der Waals surface area contributed by atoms with Crippen molar-refractivity contribution in [3.05, 3.63) is 63.3 Å². The molecule has 2 N–H and O–H groups in total. The number of hydrogen-bond donors (Lipinski definition) is 2. The van der Waals surface area contributed by atoms with Gasteiger partial charge in [-0.2, -0.15) is 0 Å². The van der Waals surface area contributed by atoms with Crippen molar-refractivity contribution in [1.82, 2.24) is 14.9 Å². The summed E-state index contributed by atoms with van der Waals surface area (Å²) in [6.07, 6.45) is 2.79. The zero-order valence-corrected chi connectivity index (χ0v) is 16.0. The molecular weight excluding hydrogens is 377 g/mol. The van der Waals surface area contributed by atoms with Crippen LogP contribution in [0.1, 0.15) is 40.9 Å². The fourth-order valence-electron chi connectivity index (χ4n) is 3.79. The standard InChI is InChI=1S/C21H20FN3O4/c1-11-3-5-13-7-14(22)8-15-18(13)25(11)21(28)17(19(15)26)20(27)24-10-12-4-6-16(29-2)23-9-12/h4,6-9,11,26H,3,5,10H2,1-2H3,(H,24,27). The summed E-state index contributed by atoms with van der Waals surface area (Å²) < 4.78 is 20.5. The number of carbonyl (C=O) groups is 1. The van der Waals surface area contributed by atoms with E-state index in [4.69, 9.17) is 4.74 Å². The predicted molar refractivity (Wildman–Crippen MR) is 105 cm³/mol. The largest absolute Gasteiger partial charge is 0.506 e. The number of aryl methyl sites for hydroxylation is 1. The van der Waals surface area contributed by atoms with Crippen molar-refractivity contribution in [3.8, 4) is 11.6 Å². The first kappa shape index (κ1) is 18.9. The second-order valence-electron chi connectivity index (χ2n) is 7.14. The van der Waals surface area contributed by atoms with Crippen LogP contribution in [0, 0.1) is 5.82 Å². The lowest BCUT2D eigenvalue weighted by Crippen LogP contribution is -2.36. The zero-order chi connectivity index (χ0) is 20.7. The van der Waals surface area contributed by atoms with Crippen LogP contribution in [0.3, 0.4) is 0 Å². The third-order valence-electron chi connectivity index (χ3n) is 5.28. The van der Waals surface area contributed by atoms with Gasteiger partial charge in [0.2, 0.25) is 5.88 Å². The maximum absolute atomic E-state index is 14.1. The topological polar surface area (TPSA) is 93.5 Å². The van der Waals surface area contributed by atoms with Crippen LogP contribution in [-0.2, 0) is 13.0 Å². The van der Waals surface area contributed by atoms with Crippen LogP contribution >= 0.6 is 0 Å². The molecule has 7 nitrogen and oxygen atoms in total. The molecule has 1 aromatic carbocycles. The Morgan fingerprint density at radius 2 is 2.21 bits per heavy atom. The Kier molecular flexibility index (Phi) is 4.70. The molecule has 0 bridgehead atoms. The van der Waals surface area contributed by atoms with E-state index >= 15 is 0 Å².